The van der Waals surface area contributed by atoms with Crippen LogP contribution in [-0.4, -0.2) is 31.2 Å². The normalized spacial score (nSPS) is 20.7. The molecule has 1 aliphatic rings. The summed E-state index contributed by atoms with van der Waals surface area (Å²) in [5, 5.41) is 12.4. The van der Waals surface area contributed by atoms with Crippen molar-refractivity contribution in [2.24, 2.45) is 11.8 Å². The third-order valence-corrected chi connectivity index (χ3v) is 4.45. The van der Waals surface area contributed by atoms with Gasteiger partial charge in [0.1, 0.15) is 11.5 Å². The molecule has 2 rings (SSSR count). The van der Waals surface area contributed by atoms with Gasteiger partial charge in [-0.2, -0.15) is 0 Å². The maximum Gasteiger partial charge on any atom is 0.307 e. The zero-order chi connectivity index (χ0) is 17.0. The first-order chi connectivity index (χ1) is 11.0. The fraction of sp³-hybridized carbons (Fsp3) is 0.500. The Hall–Kier alpha value is -1.95. The maximum atomic E-state index is 12.5. The monoisotopic (exact) mass is 341 g/mol. The Labute approximate surface area is 139 Å². The van der Waals surface area contributed by atoms with Crippen LogP contribution in [0, 0.1) is 11.8 Å². The Bertz CT molecular complexity index is 604. The summed E-state index contributed by atoms with van der Waals surface area (Å²) >= 11 is 6.03. The molecule has 1 amide bonds. The molecule has 23 heavy (non-hydrogen) atoms. The van der Waals surface area contributed by atoms with Crippen LogP contribution in [0.5, 0.6) is 11.5 Å². The van der Waals surface area contributed by atoms with E-state index in [0.29, 0.717) is 35.1 Å². The van der Waals surface area contributed by atoms with Gasteiger partial charge >= 0.3 is 5.97 Å². The minimum Gasteiger partial charge on any atom is -0.495 e. The maximum absolute atomic E-state index is 12.5. The molecule has 1 aromatic rings. The van der Waals surface area contributed by atoms with E-state index in [0.717, 1.165) is 12.8 Å². The van der Waals surface area contributed by atoms with Gasteiger partial charge in [-0.15, -0.1) is 0 Å². The van der Waals surface area contributed by atoms with Crippen LogP contribution in [0.2, 0.25) is 5.02 Å². The highest BCUT2D eigenvalue weighted by atomic mass is 35.5. The van der Waals surface area contributed by atoms with Gasteiger partial charge in [0.25, 0.3) is 0 Å². The second-order valence-electron chi connectivity index (χ2n) is 5.51. The van der Waals surface area contributed by atoms with Gasteiger partial charge < -0.3 is 19.9 Å². The van der Waals surface area contributed by atoms with Crippen LogP contribution in [0.15, 0.2) is 12.1 Å². The molecule has 6 nitrogen and oxygen atoms in total. The molecular formula is C16H20ClNO5. The van der Waals surface area contributed by atoms with Crippen molar-refractivity contribution in [1.29, 1.82) is 0 Å². The van der Waals surface area contributed by atoms with Crippen LogP contribution in [0.25, 0.3) is 0 Å². The van der Waals surface area contributed by atoms with Crippen molar-refractivity contribution in [1.82, 2.24) is 0 Å². The van der Waals surface area contributed by atoms with E-state index in [-0.39, 0.29) is 5.91 Å². The number of hydrogen-bond donors (Lipinski definition) is 2. The number of anilines is 1. The number of carbonyl (C=O) groups excluding carboxylic acids is 1. The molecule has 0 spiro atoms. The van der Waals surface area contributed by atoms with E-state index >= 15 is 0 Å². The molecule has 2 atom stereocenters. The number of carbonyl (C=O) groups is 2. The van der Waals surface area contributed by atoms with Gasteiger partial charge in [0.2, 0.25) is 5.91 Å². The molecular weight excluding hydrogens is 322 g/mol. The molecule has 0 unspecified atom stereocenters. The summed E-state index contributed by atoms with van der Waals surface area (Å²) in [6.07, 6.45) is 2.77. The van der Waals surface area contributed by atoms with Gasteiger partial charge in [0.05, 0.1) is 36.8 Å². The van der Waals surface area contributed by atoms with Crippen LogP contribution < -0.4 is 14.8 Å². The summed E-state index contributed by atoms with van der Waals surface area (Å²) in [5.41, 5.74) is 0.411. The third-order valence-electron chi connectivity index (χ3n) is 4.15. The summed E-state index contributed by atoms with van der Waals surface area (Å²) in [6.45, 7) is 0. The van der Waals surface area contributed by atoms with Gasteiger partial charge in [-0.3, -0.25) is 9.59 Å². The van der Waals surface area contributed by atoms with Gasteiger partial charge in [-0.1, -0.05) is 24.4 Å². The number of carboxylic acids is 1. The minimum atomic E-state index is -0.925. The predicted octanol–water partition coefficient (Wildman–Crippen LogP) is 3.19. The SMILES string of the molecule is COc1cc(NC(=O)[C@H]2CCCC[C@@H]2C(=O)O)c(OC)cc1Cl. The quantitative estimate of drug-likeness (QED) is 0.859. The van der Waals surface area contributed by atoms with Crippen LogP contribution >= 0.6 is 11.6 Å². The summed E-state index contributed by atoms with van der Waals surface area (Å²) in [5.74, 6) is -1.64. The lowest BCUT2D eigenvalue weighted by Crippen LogP contribution is -2.36. The molecule has 1 aliphatic carbocycles. The van der Waals surface area contributed by atoms with Crippen LogP contribution in [0.1, 0.15) is 25.7 Å². The number of nitrogens with one attached hydrogen (secondary N) is 1. The molecule has 0 heterocycles. The van der Waals surface area contributed by atoms with Crippen molar-refractivity contribution in [3.63, 3.8) is 0 Å². The van der Waals surface area contributed by atoms with Crippen molar-refractivity contribution in [3.05, 3.63) is 17.2 Å². The van der Waals surface area contributed by atoms with Gasteiger partial charge in [0, 0.05) is 12.1 Å². The number of carboxylic acid groups (broad SMARTS) is 1. The molecule has 2 N–H and O–H groups in total. The molecule has 1 saturated carbocycles. The average molecular weight is 342 g/mol. The number of amides is 1. The van der Waals surface area contributed by atoms with Crippen LogP contribution in [-0.2, 0) is 9.59 Å². The number of halogens is 1. The number of rotatable bonds is 5. The van der Waals surface area contributed by atoms with Crippen LogP contribution in [0.3, 0.4) is 0 Å². The lowest BCUT2D eigenvalue weighted by Gasteiger charge is -2.27. The fourth-order valence-electron chi connectivity index (χ4n) is 2.92. The molecule has 7 heteroatoms. The lowest BCUT2D eigenvalue weighted by atomic mass is 9.78. The van der Waals surface area contributed by atoms with E-state index < -0.39 is 17.8 Å². The molecule has 126 valence electrons. The van der Waals surface area contributed by atoms with Crippen molar-refractivity contribution < 1.29 is 24.2 Å². The fourth-order valence-corrected chi connectivity index (χ4v) is 3.15. The summed E-state index contributed by atoms with van der Waals surface area (Å²) in [7, 11) is 2.94. The van der Waals surface area contributed by atoms with Gasteiger partial charge in [-0.05, 0) is 12.8 Å². The molecule has 0 aliphatic heterocycles. The van der Waals surface area contributed by atoms with E-state index in [1.165, 1.54) is 14.2 Å². The second kappa shape index (κ2) is 7.55. The zero-order valence-corrected chi connectivity index (χ0v) is 13.9. The zero-order valence-electron chi connectivity index (χ0n) is 13.1. The van der Waals surface area contributed by atoms with E-state index in [1.54, 1.807) is 12.1 Å². The van der Waals surface area contributed by atoms with Crippen molar-refractivity contribution in [2.75, 3.05) is 19.5 Å². The van der Waals surface area contributed by atoms with E-state index in [2.05, 4.69) is 5.32 Å². The lowest BCUT2D eigenvalue weighted by molar-refractivity contribution is -0.147. The first-order valence-electron chi connectivity index (χ1n) is 7.43. The smallest absolute Gasteiger partial charge is 0.307 e. The summed E-state index contributed by atoms with van der Waals surface area (Å²) < 4.78 is 10.4. The topological polar surface area (TPSA) is 84.9 Å². The minimum absolute atomic E-state index is 0.320. The van der Waals surface area contributed by atoms with E-state index in [4.69, 9.17) is 21.1 Å². The summed E-state index contributed by atoms with van der Waals surface area (Å²) in [6, 6.07) is 3.11. The van der Waals surface area contributed by atoms with Crippen molar-refractivity contribution in [3.8, 4) is 11.5 Å². The molecule has 0 radical (unpaired) electrons. The number of benzene rings is 1. The van der Waals surface area contributed by atoms with E-state index in [9.17, 15) is 14.7 Å². The predicted molar refractivity (Wildman–Crippen MR) is 86.3 cm³/mol. The third kappa shape index (κ3) is 3.88. The molecule has 1 fully saturated rings. The molecule has 0 bridgehead atoms. The Balaban J connectivity index is 2.23. The largest absolute Gasteiger partial charge is 0.495 e. The van der Waals surface area contributed by atoms with Gasteiger partial charge in [0.15, 0.2) is 0 Å². The van der Waals surface area contributed by atoms with Gasteiger partial charge in [-0.25, -0.2) is 0 Å². The Morgan fingerprint density at radius 1 is 1.13 bits per heavy atom. The number of aliphatic carboxylic acids is 1. The Kier molecular flexibility index (Phi) is 5.71. The van der Waals surface area contributed by atoms with Crippen LogP contribution in [0.4, 0.5) is 5.69 Å². The first-order valence-corrected chi connectivity index (χ1v) is 7.81. The molecule has 1 aromatic carbocycles. The summed E-state index contributed by atoms with van der Waals surface area (Å²) in [4.78, 5) is 23.9. The molecule has 0 saturated heterocycles. The highest BCUT2D eigenvalue weighted by molar-refractivity contribution is 6.32. The standard InChI is InChI=1S/C16H20ClNO5/c1-22-13-8-12(14(23-2)7-11(13)17)18-15(19)9-5-3-4-6-10(9)16(20)21/h7-10H,3-6H2,1-2H3,(H,18,19)(H,20,21)/t9-,10-/m0/s1. The number of methoxy groups -OCH3 is 2. The molecule has 0 aromatic heterocycles. The number of hydrogen-bond acceptors (Lipinski definition) is 4. The Morgan fingerprint density at radius 3 is 2.30 bits per heavy atom. The first kappa shape index (κ1) is 17.4. The average Bonchev–Trinajstić information content (AvgIpc) is 2.55. The van der Waals surface area contributed by atoms with E-state index in [1.807, 2.05) is 0 Å². The second-order valence-corrected chi connectivity index (χ2v) is 5.92. The number of ether oxygens (including phenoxy) is 2. The van der Waals surface area contributed by atoms with Crippen molar-refractivity contribution >= 4 is 29.2 Å². The highest BCUT2D eigenvalue weighted by Crippen LogP contribution is 2.37. The van der Waals surface area contributed by atoms with Crippen molar-refractivity contribution in [2.45, 2.75) is 25.7 Å². The highest BCUT2D eigenvalue weighted by Gasteiger charge is 2.36. The Morgan fingerprint density at radius 2 is 1.74 bits per heavy atom.